The lowest BCUT2D eigenvalue weighted by molar-refractivity contribution is -0.151. The van der Waals surface area contributed by atoms with Crippen LogP contribution in [0.15, 0.2) is 0 Å². The zero-order valence-corrected chi connectivity index (χ0v) is 11.7. The molecule has 4 nitrogen and oxygen atoms in total. The summed E-state index contributed by atoms with van der Waals surface area (Å²) in [5.41, 5.74) is -0.628. The van der Waals surface area contributed by atoms with Crippen molar-refractivity contribution in [1.29, 1.82) is 0 Å². The molecule has 0 atom stereocenters. The van der Waals surface area contributed by atoms with E-state index < -0.39 is 5.60 Å². The quantitative estimate of drug-likeness (QED) is 0.540. The third-order valence-corrected chi connectivity index (χ3v) is 3.70. The summed E-state index contributed by atoms with van der Waals surface area (Å²) >= 11 is 0. The van der Waals surface area contributed by atoms with Crippen molar-refractivity contribution in [3.63, 3.8) is 0 Å². The van der Waals surface area contributed by atoms with E-state index in [1.807, 2.05) is 6.92 Å². The summed E-state index contributed by atoms with van der Waals surface area (Å²) in [7, 11) is 0. The van der Waals surface area contributed by atoms with Crippen molar-refractivity contribution < 1.29 is 14.6 Å². The van der Waals surface area contributed by atoms with Gasteiger partial charge in [0.05, 0.1) is 18.1 Å². The Hall–Kier alpha value is -0.610. The van der Waals surface area contributed by atoms with Crippen molar-refractivity contribution in [3.05, 3.63) is 0 Å². The summed E-state index contributed by atoms with van der Waals surface area (Å²) in [6.07, 6.45) is 5.17. The molecular weight excluding hydrogens is 230 g/mol. The fraction of sp³-hybridized carbons (Fsp3) is 0.929. The van der Waals surface area contributed by atoms with E-state index in [9.17, 15) is 9.90 Å². The Bertz CT molecular complexity index is 247. The fourth-order valence-corrected chi connectivity index (χ4v) is 2.45. The Labute approximate surface area is 110 Å². The second-order valence-corrected chi connectivity index (χ2v) is 5.28. The highest BCUT2D eigenvalue weighted by atomic mass is 16.5. The third kappa shape index (κ3) is 4.94. The molecule has 2 N–H and O–H groups in total. The van der Waals surface area contributed by atoms with Gasteiger partial charge in [-0.3, -0.25) is 4.79 Å². The molecule has 0 spiro atoms. The number of aliphatic hydroxyl groups is 1. The van der Waals surface area contributed by atoms with Crippen LogP contribution in [0.3, 0.4) is 0 Å². The maximum absolute atomic E-state index is 11.6. The van der Waals surface area contributed by atoms with Crippen molar-refractivity contribution in [1.82, 2.24) is 5.32 Å². The van der Waals surface area contributed by atoms with E-state index in [2.05, 4.69) is 12.2 Å². The minimum Gasteiger partial charge on any atom is -0.466 e. The first-order valence-corrected chi connectivity index (χ1v) is 7.21. The van der Waals surface area contributed by atoms with Gasteiger partial charge in [0.1, 0.15) is 0 Å². The van der Waals surface area contributed by atoms with Crippen LogP contribution in [0.4, 0.5) is 0 Å². The molecule has 1 aliphatic rings. The van der Waals surface area contributed by atoms with Gasteiger partial charge in [0, 0.05) is 6.54 Å². The van der Waals surface area contributed by atoms with Crippen LogP contribution >= 0.6 is 0 Å². The monoisotopic (exact) mass is 257 g/mol. The van der Waals surface area contributed by atoms with Gasteiger partial charge in [0.15, 0.2) is 0 Å². The second-order valence-electron chi connectivity index (χ2n) is 5.28. The van der Waals surface area contributed by atoms with Gasteiger partial charge in [-0.25, -0.2) is 0 Å². The number of carbonyl (C=O) groups excluding carboxylic acids is 1. The summed E-state index contributed by atoms with van der Waals surface area (Å²) in [5, 5.41) is 13.7. The first-order chi connectivity index (χ1) is 8.61. The number of ether oxygens (including phenoxy) is 1. The van der Waals surface area contributed by atoms with E-state index in [1.165, 1.54) is 0 Å². The van der Waals surface area contributed by atoms with Crippen molar-refractivity contribution in [2.75, 3.05) is 19.7 Å². The zero-order valence-electron chi connectivity index (χ0n) is 11.7. The Kier molecular flexibility index (Phi) is 6.65. The molecule has 1 rings (SSSR count). The lowest BCUT2D eigenvalue weighted by atomic mass is 9.79. The Morgan fingerprint density at radius 3 is 2.61 bits per heavy atom. The van der Waals surface area contributed by atoms with Crippen LogP contribution < -0.4 is 5.32 Å². The topological polar surface area (TPSA) is 58.6 Å². The van der Waals surface area contributed by atoms with E-state index in [4.69, 9.17) is 4.74 Å². The highest BCUT2D eigenvalue weighted by Crippen LogP contribution is 2.32. The van der Waals surface area contributed by atoms with Crippen LogP contribution in [0.5, 0.6) is 0 Å². The van der Waals surface area contributed by atoms with Crippen molar-refractivity contribution in [3.8, 4) is 0 Å². The van der Waals surface area contributed by atoms with Crippen LogP contribution in [-0.2, 0) is 9.53 Å². The highest BCUT2D eigenvalue weighted by Gasteiger charge is 2.35. The molecule has 0 amide bonds. The Morgan fingerprint density at radius 2 is 2.06 bits per heavy atom. The van der Waals surface area contributed by atoms with Crippen LogP contribution in [-0.4, -0.2) is 36.4 Å². The summed E-state index contributed by atoms with van der Waals surface area (Å²) in [6.45, 7) is 6.02. The Balaban J connectivity index is 2.26. The molecule has 0 aliphatic heterocycles. The van der Waals surface area contributed by atoms with Gasteiger partial charge < -0.3 is 15.2 Å². The van der Waals surface area contributed by atoms with Crippen LogP contribution in [0.1, 0.15) is 52.4 Å². The summed E-state index contributed by atoms with van der Waals surface area (Å²) < 4.78 is 5.03. The van der Waals surface area contributed by atoms with Crippen LogP contribution in [0, 0.1) is 5.92 Å². The number of esters is 1. The number of hydrogen-bond donors (Lipinski definition) is 2. The van der Waals surface area contributed by atoms with Gasteiger partial charge in [-0.05, 0) is 45.6 Å². The number of carbonyl (C=O) groups is 1. The van der Waals surface area contributed by atoms with Crippen molar-refractivity contribution in [2.45, 2.75) is 58.0 Å². The van der Waals surface area contributed by atoms with Gasteiger partial charge in [-0.1, -0.05) is 13.3 Å². The van der Waals surface area contributed by atoms with Crippen molar-refractivity contribution in [2.24, 2.45) is 5.92 Å². The molecule has 4 heteroatoms. The largest absolute Gasteiger partial charge is 0.466 e. The molecule has 0 aromatic heterocycles. The Morgan fingerprint density at radius 1 is 1.39 bits per heavy atom. The van der Waals surface area contributed by atoms with Gasteiger partial charge >= 0.3 is 5.97 Å². The van der Waals surface area contributed by atoms with E-state index in [0.717, 1.165) is 32.2 Å². The molecule has 0 heterocycles. The second kappa shape index (κ2) is 7.74. The highest BCUT2D eigenvalue weighted by molar-refractivity contribution is 5.72. The number of nitrogens with one attached hydrogen (secondary N) is 1. The predicted molar refractivity (Wildman–Crippen MR) is 71.3 cm³/mol. The molecule has 0 unspecified atom stereocenters. The predicted octanol–water partition coefficient (Wildman–Crippen LogP) is 1.86. The number of unbranched alkanes of at least 4 members (excludes halogenated alkanes) is 1. The van der Waals surface area contributed by atoms with Gasteiger partial charge in [0.25, 0.3) is 0 Å². The molecule has 106 valence electrons. The minimum atomic E-state index is -0.628. The normalized spacial score (nSPS) is 28.1. The van der Waals surface area contributed by atoms with Gasteiger partial charge in [0.2, 0.25) is 0 Å². The molecule has 0 aromatic carbocycles. The average molecular weight is 257 g/mol. The van der Waals surface area contributed by atoms with Gasteiger partial charge in [-0.2, -0.15) is 0 Å². The number of hydrogen-bond acceptors (Lipinski definition) is 4. The first-order valence-electron chi connectivity index (χ1n) is 7.21. The van der Waals surface area contributed by atoms with Crippen LogP contribution in [0.25, 0.3) is 0 Å². The lowest BCUT2D eigenvalue weighted by Crippen LogP contribution is -2.44. The SMILES string of the molecule is CCCCNCC1(O)CCC(C(=O)OCC)CC1. The molecule has 0 aromatic rings. The van der Waals surface area contributed by atoms with Crippen LogP contribution in [0.2, 0.25) is 0 Å². The van der Waals surface area contributed by atoms with E-state index in [0.29, 0.717) is 26.0 Å². The molecule has 0 radical (unpaired) electrons. The average Bonchev–Trinajstić information content (AvgIpc) is 2.36. The molecule has 0 bridgehead atoms. The molecule has 1 aliphatic carbocycles. The summed E-state index contributed by atoms with van der Waals surface area (Å²) in [6, 6.07) is 0. The molecule has 1 fully saturated rings. The lowest BCUT2D eigenvalue weighted by Gasteiger charge is -2.35. The molecule has 18 heavy (non-hydrogen) atoms. The standard InChI is InChI=1S/C14H27NO3/c1-3-5-10-15-11-14(17)8-6-12(7-9-14)13(16)18-4-2/h12,15,17H,3-11H2,1-2H3. The van der Waals surface area contributed by atoms with Gasteiger partial charge in [-0.15, -0.1) is 0 Å². The maximum atomic E-state index is 11.6. The number of rotatable bonds is 7. The first kappa shape index (κ1) is 15.4. The smallest absolute Gasteiger partial charge is 0.308 e. The van der Waals surface area contributed by atoms with E-state index in [-0.39, 0.29) is 11.9 Å². The minimum absolute atomic E-state index is 0.0131. The van der Waals surface area contributed by atoms with E-state index in [1.54, 1.807) is 0 Å². The fourth-order valence-electron chi connectivity index (χ4n) is 2.45. The molecular formula is C14H27NO3. The summed E-state index contributed by atoms with van der Waals surface area (Å²) in [4.78, 5) is 11.6. The van der Waals surface area contributed by atoms with Crippen molar-refractivity contribution >= 4 is 5.97 Å². The molecule has 0 saturated heterocycles. The third-order valence-electron chi connectivity index (χ3n) is 3.70. The molecule has 1 saturated carbocycles. The van der Waals surface area contributed by atoms with E-state index >= 15 is 0 Å². The maximum Gasteiger partial charge on any atom is 0.308 e. The summed E-state index contributed by atoms with van der Waals surface area (Å²) in [5.74, 6) is -0.112. The zero-order chi connectivity index (χ0) is 13.4.